The summed E-state index contributed by atoms with van der Waals surface area (Å²) in [6.07, 6.45) is 2.09. The standard InChI is InChI=1S/C16H24N4S2.HI/c1-12(14-6-5-9-21-14)10-19-16(17-3)18-8-4-7-15-20-13(2)11-22-15;/h5-6,9,11-12H,4,7-8,10H2,1-3H3,(H2,17,18,19);1H. The minimum atomic E-state index is 0. The minimum Gasteiger partial charge on any atom is -0.356 e. The van der Waals surface area contributed by atoms with Crippen molar-refractivity contribution in [3.63, 3.8) is 0 Å². The van der Waals surface area contributed by atoms with E-state index in [1.54, 1.807) is 22.7 Å². The zero-order valence-electron chi connectivity index (χ0n) is 13.8. The maximum Gasteiger partial charge on any atom is 0.190 e. The molecule has 2 aromatic heterocycles. The topological polar surface area (TPSA) is 49.3 Å². The molecule has 2 aromatic rings. The second kappa shape index (κ2) is 11.0. The molecule has 0 bridgehead atoms. The normalized spacial score (nSPS) is 12.6. The van der Waals surface area contributed by atoms with E-state index in [2.05, 4.69) is 50.4 Å². The molecule has 7 heteroatoms. The molecule has 0 aliphatic heterocycles. The Balaban J connectivity index is 0.00000264. The molecule has 0 saturated heterocycles. The van der Waals surface area contributed by atoms with Gasteiger partial charge in [0, 0.05) is 48.4 Å². The Hall–Kier alpha value is -0.670. The van der Waals surface area contributed by atoms with Crippen LogP contribution in [0, 0.1) is 6.92 Å². The molecule has 0 aromatic carbocycles. The van der Waals surface area contributed by atoms with E-state index in [0.717, 1.165) is 37.6 Å². The van der Waals surface area contributed by atoms with E-state index in [-0.39, 0.29) is 24.0 Å². The van der Waals surface area contributed by atoms with Gasteiger partial charge in [-0.15, -0.1) is 46.7 Å². The van der Waals surface area contributed by atoms with E-state index < -0.39 is 0 Å². The van der Waals surface area contributed by atoms with Crippen LogP contribution in [0.1, 0.15) is 34.8 Å². The molecule has 0 aliphatic carbocycles. The third kappa shape index (κ3) is 7.17. The second-order valence-electron chi connectivity index (χ2n) is 5.28. The summed E-state index contributed by atoms with van der Waals surface area (Å²) in [5, 5.41) is 12.2. The number of rotatable bonds is 7. The van der Waals surface area contributed by atoms with Gasteiger partial charge in [0.25, 0.3) is 0 Å². The Kier molecular flexibility index (Phi) is 9.73. The number of thiophene rings is 1. The van der Waals surface area contributed by atoms with Crippen molar-refractivity contribution in [2.45, 2.75) is 32.6 Å². The molecule has 4 nitrogen and oxygen atoms in total. The van der Waals surface area contributed by atoms with Crippen molar-refractivity contribution >= 4 is 52.6 Å². The third-order valence-electron chi connectivity index (χ3n) is 3.35. The number of nitrogens with zero attached hydrogens (tertiary/aromatic N) is 2. The summed E-state index contributed by atoms with van der Waals surface area (Å²) in [7, 11) is 1.81. The zero-order valence-corrected chi connectivity index (χ0v) is 17.8. The first-order valence-electron chi connectivity index (χ1n) is 7.58. The van der Waals surface area contributed by atoms with Gasteiger partial charge in [-0.25, -0.2) is 4.98 Å². The fourth-order valence-electron chi connectivity index (χ4n) is 2.11. The number of hydrogen-bond acceptors (Lipinski definition) is 4. The Morgan fingerprint density at radius 2 is 2.17 bits per heavy atom. The number of guanidine groups is 1. The van der Waals surface area contributed by atoms with Crippen LogP contribution in [-0.4, -0.2) is 31.1 Å². The summed E-state index contributed by atoms with van der Waals surface area (Å²) in [5.41, 5.74) is 1.12. The highest BCUT2D eigenvalue weighted by atomic mass is 127. The van der Waals surface area contributed by atoms with E-state index in [1.807, 2.05) is 14.0 Å². The fourth-order valence-corrected chi connectivity index (χ4v) is 3.71. The molecular weight excluding hydrogens is 439 g/mol. The summed E-state index contributed by atoms with van der Waals surface area (Å²) in [6, 6.07) is 4.28. The fraction of sp³-hybridized carbons (Fsp3) is 0.500. The van der Waals surface area contributed by atoms with Gasteiger partial charge >= 0.3 is 0 Å². The molecular formula is C16H25IN4S2. The van der Waals surface area contributed by atoms with Gasteiger partial charge in [-0.05, 0) is 24.8 Å². The van der Waals surface area contributed by atoms with E-state index in [0.29, 0.717) is 5.92 Å². The number of aryl methyl sites for hydroxylation is 2. The minimum absolute atomic E-state index is 0. The number of aromatic nitrogens is 1. The maximum atomic E-state index is 4.48. The van der Waals surface area contributed by atoms with Gasteiger partial charge in [0.2, 0.25) is 0 Å². The average Bonchev–Trinajstić information content (AvgIpc) is 3.18. The summed E-state index contributed by atoms with van der Waals surface area (Å²) >= 11 is 3.55. The first-order chi connectivity index (χ1) is 10.7. The molecule has 23 heavy (non-hydrogen) atoms. The van der Waals surface area contributed by atoms with Crippen molar-refractivity contribution in [2.24, 2.45) is 4.99 Å². The molecule has 0 radical (unpaired) electrons. The maximum absolute atomic E-state index is 4.48. The lowest BCUT2D eigenvalue weighted by Crippen LogP contribution is -2.39. The van der Waals surface area contributed by atoms with Crippen LogP contribution in [0.15, 0.2) is 27.9 Å². The Morgan fingerprint density at radius 1 is 1.35 bits per heavy atom. The van der Waals surface area contributed by atoms with E-state index in [9.17, 15) is 0 Å². The molecule has 0 saturated carbocycles. The molecule has 0 aliphatic rings. The van der Waals surface area contributed by atoms with Gasteiger partial charge in [0.05, 0.1) is 5.01 Å². The Labute approximate surface area is 163 Å². The van der Waals surface area contributed by atoms with E-state index >= 15 is 0 Å². The Bertz CT molecular complexity index is 581. The molecule has 2 heterocycles. The predicted molar refractivity (Wildman–Crippen MR) is 113 cm³/mol. The average molecular weight is 464 g/mol. The lowest BCUT2D eigenvalue weighted by molar-refractivity contribution is 0.694. The van der Waals surface area contributed by atoms with Gasteiger partial charge in [0.1, 0.15) is 0 Å². The zero-order chi connectivity index (χ0) is 15.8. The molecule has 1 unspecified atom stereocenters. The summed E-state index contributed by atoms with van der Waals surface area (Å²) in [6.45, 7) is 6.08. The molecule has 2 N–H and O–H groups in total. The number of halogens is 1. The first-order valence-corrected chi connectivity index (χ1v) is 9.34. The van der Waals surface area contributed by atoms with Crippen molar-refractivity contribution in [3.8, 4) is 0 Å². The van der Waals surface area contributed by atoms with Crippen molar-refractivity contribution < 1.29 is 0 Å². The van der Waals surface area contributed by atoms with Gasteiger partial charge in [-0.2, -0.15) is 0 Å². The van der Waals surface area contributed by atoms with Gasteiger partial charge in [-0.3, -0.25) is 4.99 Å². The van der Waals surface area contributed by atoms with Crippen LogP contribution in [0.25, 0.3) is 0 Å². The largest absolute Gasteiger partial charge is 0.356 e. The number of thiazole rings is 1. The highest BCUT2D eigenvalue weighted by Crippen LogP contribution is 2.19. The van der Waals surface area contributed by atoms with Crippen molar-refractivity contribution in [1.29, 1.82) is 0 Å². The lowest BCUT2D eigenvalue weighted by atomic mass is 10.1. The van der Waals surface area contributed by atoms with Crippen molar-refractivity contribution in [1.82, 2.24) is 15.6 Å². The van der Waals surface area contributed by atoms with Crippen LogP contribution in [0.5, 0.6) is 0 Å². The number of hydrogen-bond donors (Lipinski definition) is 2. The first kappa shape index (κ1) is 20.4. The summed E-state index contributed by atoms with van der Waals surface area (Å²) in [5.74, 6) is 1.37. The lowest BCUT2D eigenvalue weighted by Gasteiger charge is -2.15. The van der Waals surface area contributed by atoms with Crippen LogP contribution in [0.3, 0.4) is 0 Å². The number of aliphatic imine (C=N–C) groups is 1. The number of nitrogens with one attached hydrogen (secondary N) is 2. The van der Waals surface area contributed by atoms with Crippen LogP contribution in [0.4, 0.5) is 0 Å². The van der Waals surface area contributed by atoms with Crippen LogP contribution in [-0.2, 0) is 6.42 Å². The van der Waals surface area contributed by atoms with Crippen LogP contribution < -0.4 is 10.6 Å². The van der Waals surface area contributed by atoms with Gasteiger partial charge in [-0.1, -0.05) is 13.0 Å². The molecule has 0 amide bonds. The molecule has 2 rings (SSSR count). The molecule has 0 fully saturated rings. The highest BCUT2D eigenvalue weighted by molar-refractivity contribution is 14.0. The molecule has 0 spiro atoms. The van der Waals surface area contributed by atoms with Crippen LogP contribution in [0.2, 0.25) is 0 Å². The predicted octanol–water partition coefficient (Wildman–Crippen LogP) is 4.03. The van der Waals surface area contributed by atoms with Gasteiger partial charge < -0.3 is 10.6 Å². The van der Waals surface area contributed by atoms with E-state index in [1.165, 1.54) is 9.88 Å². The molecule has 1 atom stereocenters. The quantitative estimate of drug-likeness (QED) is 0.282. The van der Waals surface area contributed by atoms with Crippen molar-refractivity contribution in [3.05, 3.63) is 38.5 Å². The second-order valence-corrected chi connectivity index (χ2v) is 7.20. The highest BCUT2D eigenvalue weighted by Gasteiger charge is 2.07. The molecule has 128 valence electrons. The monoisotopic (exact) mass is 464 g/mol. The van der Waals surface area contributed by atoms with Gasteiger partial charge in [0.15, 0.2) is 5.96 Å². The van der Waals surface area contributed by atoms with Crippen molar-refractivity contribution in [2.75, 3.05) is 20.1 Å². The SMILES string of the molecule is CN=C(NCCCc1nc(C)cs1)NCC(C)c1cccs1.I. The Morgan fingerprint density at radius 3 is 2.78 bits per heavy atom. The third-order valence-corrected chi connectivity index (χ3v) is 5.48. The van der Waals surface area contributed by atoms with Crippen LogP contribution >= 0.6 is 46.7 Å². The van der Waals surface area contributed by atoms with E-state index in [4.69, 9.17) is 0 Å². The smallest absolute Gasteiger partial charge is 0.190 e. The summed E-state index contributed by atoms with van der Waals surface area (Å²) in [4.78, 5) is 10.2. The summed E-state index contributed by atoms with van der Waals surface area (Å²) < 4.78 is 0.